The van der Waals surface area contributed by atoms with Crippen LogP contribution in [0.1, 0.15) is 43.1 Å². The van der Waals surface area contributed by atoms with E-state index in [1.165, 1.54) is 6.07 Å². The Morgan fingerprint density at radius 1 is 0.974 bits per heavy atom. The molecule has 0 aliphatic rings. The van der Waals surface area contributed by atoms with E-state index in [2.05, 4.69) is 15.5 Å². The second-order valence-electron chi connectivity index (χ2n) is 8.94. The highest BCUT2D eigenvalue weighted by Crippen LogP contribution is 2.21. The van der Waals surface area contributed by atoms with Crippen LogP contribution in [0.3, 0.4) is 0 Å². The molecule has 38 heavy (non-hydrogen) atoms. The largest absolute Gasteiger partial charge is 0.366 e. The van der Waals surface area contributed by atoms with Crippen LogP contribution in [-0.4, -0.2) is 26.6 Å². The van der Waals surface area contributed by atoms with Gasteiger partial charge in [0.2, 0.25) is 5.91 Å². The number of aromatic nitrogens is 3. The molecule has 4 N–H and O–H groups in total. The maximum atomic E-state index is 12.9. The standard InChI is InChI=1S/C29H24ClN5O3/c30-22-9-10-25-24(15-22)26(34-33-25)16-32-29(38)21-5-3-4-18(13-21)12-20-8-7-19(14-23(20)28(31)37)17-35-11-2-1-6-27(35)36/h1-11,13-15H,12,16-17H2,(H2,31,37)(H,32,38)(H,33,34). The topological polar surface area (TPSA) is 123 Å². The van der Waals surface area contributed by atoms with Crippen LogP contribution < -0.4 is 16.6 Å². The maximum Gasteiger partial charge on any atom is 0.251 e. The SMILES string of the molecule is NC(=O)c1cc(Cn2ccccc2=O)ccc1Cc1cccc(C(=O)NCc2n[nH]c3ccc(Cl)cc23)c1. The molecule has 5 rings (SSSR count). The molecule has 0 bridgehead atoms. The maximum absolute atomic E-state index is 12.9. The summed E-state index contributed by atoms with van der Waals surface area (Å²) in [6.07, 6.45) is 2.11. The predicted molar refractivity (Wildman–Crippen MR) is 146 cm³/mol. The summed E-state index contributed by atoms with van der Waals surface area (Å²) in [5.41, 5.74) is 10.3. The molecule has 0 atom stereocenters. The lowest BCUT2D eigenvalue weighted by Crippen LogP contribution is -2.23. The zero-order valence-electron chi connectivity index (χ0n) is 20.3. The molecule has 0 saturated carbocycles. The first kappa shape index (κ1) is 25.0. The van der Waals surface area contributed by atoms with Gasteiger partial charge >= 0.3 is 0 Å². The molecule has 2 amide bonds. The third kappa shape index (κ3) is 5.50. The first-order valence-corrected chi connectivity index (χ1v) is 12.3. The minimum absolute atomic E-state index is 0.128. The zero-order valence-corrected chi connectivity index (χ0v) is 21.0. The van der Waals surface area contributed by atoms with Crippen molar-refractivity contribution in [3.63, 3.8) is 0 Å². The average molecular weight is 526 g/mol. The van der Waals surface area contributed by atoms with Crippen molar-refractivity contribution in [2.24, 2.45) is 5.73 Å². The number of rotatable bonds is 8. The number of halogens is 1. The highest BCUT2D eigenvalue weighted by molar-refractivity contribution is 6.31. The third-order valence-corrected chi connectivity index (χ3v) is 6.53. The van der Waals surface area contributed by atoms with E-state index in [-0.39, 0.29) is 18.0 Å². The lowest BCUT2D eigenvalue weighted by Gasteiger charge is -2.12. The number of hydrogen-bond acceptors (Lipinski definition) is 4. The zero-order chi connectivity index (χ0) is 26.6. The highest BCUT2D eigenvalue weighted by Gasteiger charge is 2.13. The number of H-pyrrole nitrogens is 1. The van der Waals surface area contributed by atoms with Gasteiger partial charge in [0, 0.05) is 33.8 Å². The third-order valence-electron chi connectivity index (χ3n) is 6.30. The second kappa shape index (κ2) is 10.7. The minimum Gasteiger partial charge on any atom is -0.366 e. The fourth-order valence-electron chi connectivity index (χ4n) is 4.38. The van der Waals surface area contributed by atoms with Crippen LogP contribution in [0.4, 0.5) is 0 Å². The summed E-state index contributed by atoms with van der Waals surface area (Å²) in [7, 11) is 0. The van der Waals surface area contributed by atoms with Gasteiger partial charge in [0.1, 0.15) is 0 Å². The van der Waals surface area contributed by atoms with Gasteiger partial charge in [-0.3, -0.25) is 19.5 Å². The molecular weight excluding hydrogens is 502 g/mol. The number of aromatic amines is 1. The Balaban J connectivity index is 1.31. The molecule has 0 unspecified atom stereocenters. The lowest BCUT2D eigenvalue weighted by molar-refractivity contribution is 0.0949. The van der Waals surface area contributed by atoms with Crippen molar-refractivity contribution in [3.05, 3.63) is 134 Å². The number of carbonyl (C=O) groups excluding carboxylic acids is 2. The number of pyridine rings is 1. The van der Waals surface area contributed by atoms with E-state index >= 15 is 0 Å². The summed E-state index contributed by atoms with van der Waals surface area (Å²) in [5.74, 6) is -0.800. The van der Waals surface area contributed by atoms with Crippen molar-refractivity contribution in [3.8, 4) is 0 Å². The second-order valence-corrected chi connectivity index (χ2v) is 9.38. The molecule has 0 fully saturated rings. The van der Waals surface area contributed by atoms with Crippen molar-refractivity contribution in [2.75, 3.05) is 0 Å². The number of nitrogens with zero attached hydrogens (tertiary/aromatic N) is 2. The predicted octanol–water partition coefficient (Wildman–Crippen LogP) is 4.05. The van der Waals surface area contributed by atoms with Crippen molar-refractivity contribution in [1.29, 1.82) is 0 Å². The Morgan fingerprint density at radius 3 is 2.66 bits per heavy atom. The van der Waals surface area contributed by atoms with E-state index in [1.807, 2.05) is 30.3 Å². The fraction of sp³-hybridized carbons (Fsp3) is 0.103. The summed E-state index contributed by atoms with van der Waals surface area (Å²) in [6, 6.07) is 23.0. The van der Waals surface area contributed by atoms with E-state index in [9.17, 15) is 14.4 Å². The van der Waals surface area contributed by atoms with Crippen LogP contribution in [-0.2, 0) is 19.5 Å². The number of nitrogens with one attached hydrogen (secondary N) is 2. The number of hydrogen-bond donors (Lipinski definition) is 3. The van der Waals surface area contributed by atoms with E-state index in [1.54, 1.807) is 53.2 Å². The summed E-state index contributed by atoms with van der Waals surface area (Å²) >= 11 is 6.10. The van der Waals surface area contributed by atoms with Crippen molar-refractivity contribution in [2.45, 2.75) is 19.5 Å². The van der Waals surface area contributed by atoms with Crippen LogP contribution in [0.25, 0.3) is 10.9 Å². The number of primary amides is 1. The molecule has 2 heterocycles. The fourth-order valence-corrected chi connectivity index (χ4v) is 4.55. The van der Waals surface area contributed by atoms with Gasteiger partial charge in [0.15, 0.2) is 0 Å². The van der Waals surface area contributed by atoms with Crippen molar-refractivity contribution < 1.29 is 9.59 Å². The Morgan fingerprint density at radius 2 is 1.84 bits per heavy atom. The van der Waals surface area contributed by atoms with Crippen LogP contribution >= 0.6 is 11.6 Å². The summed E-state index contributed by atoms with van der Waals surface area (Å²) in [6.45, 7) is 0.564. The molecule has 190 valence electrons. The number of nitrogens with two attached hydrogens (primary N) is 1. The van der Waals surface area contributed by atoms with Crippen LogP contribution in [0, 0.1) is 0 Å². The van der Waals surface area contributed by atoms with Crippen LogP contribution in [0.2, 0.25) is 5.02 Å². The van der Waals surface area contributed by atoms with Gasteiger partial charge in [-0.2, -0.15) is 5.10 Å². The quantitative estimate of drug-likeness (QED) is 0.283. The summed E-state index contributed by atoms with van der Waals surface area (Å²) < 4.78 is 1.56. The van der Waals surface area contributed by atoms with Crippen LogP contribution in [0.5, 0.6) is 0 Å². The molecule has 5 aromatic rings. The van der Waals surface area contributed by atoms with E-state index in [0.29, 0.717) is 34.8 Å². The summed E-state index contributed by atoms with van der Waals surface area (Å²) in [5, 5.41) is 11.6. The molecular formula is C29H24ClN5O3. The number of benzene rings is 3. The van der Waals surface area contributed by atoms with E-state index in [4.69, 9.17) is 17.3 Å². The van der Waals surface area contributed by atoms with Crippen molar-refractivity contribution >= 4 is 34.3 Å². The normalized spacial score (nSPS) is 11.0. The molecule has 0 spiro atoms. The highest BCUT2D eigenvalue weighted by atomic mass is 35.5. The molecule has 9 heteroatoms. The number of fused-ring (bicyclic) bond motifs is 1. The first-order chi connectivity index (χ1) is 18.4. The minimum atomic E-state index is -0.553. The van der Waals surface area contributed by atoms with Gasteiger partial charge < -0.3 is 15.6 Å². The monoisotopic (exact) mass is 525 g/mol. The Bertz CT molecular complexity index is 1720. The van der Waals surface area contributed by atoms with Gasteiger partial charge in [-0.15, -0.1) is 0 Å². The Labute approximate surface area is 223 Å². The van der Waals surface area contributed by atoms with E-state index < -0.39 is 5.91 Å². The van der Waals surface area contributed by atoms with Gasteiger partial charge in [0.05, 0.1) is 24.3 Å². The molecule has 3 aromatic carbocycles. The molecule has 2 aromatic heterocycles. The van der Waals surface area contributed by atoms with E-state index in [0.717, 1.165) is 27.6 Å². The first-order valence-electron chi connectivity index (χ1n) is 11.9. The molecule has 0 saturated heterocycles. The summed E-state index contributed by atoms with van der Waals surface area (Å²) in [4.78, 5) is 37.2. The average Bonchev–Trinajstić information content (AvgIpc) is 3.31. The smallest absolute Gasteiger partial charge is 0.251 e. The number of carbonyl (C=O) groups is 2. The molecule has 8 nitrogen and oxygen atoms in total. The number of amides is 2. The Kier molecular flexibility index (Phi) is 7.06. The van der Waals surface area contributed by atoms with Gasteiger partial charge in [-0.25, -0.2) is 0 Å². The van der Waals surface area contributed by atoms with Crippen LogP contribution in [0.15, 0.2) is 89.9 Å². The van der Waals surface area contributed by atoms with Gasteiger partial charge in [0.25, 0.3) is 11.5 Å². The molecule has 0 aliphatic carbocycles. The van der Waals surface area contributed by atoms with Gasteiger partial charge in [-0.05, 0) is 65.6 Å². The molecule has 0 aliphatic heterocycles. The van der Waals surface area contributed by atoms with Crippen molar-refractivity contribution in [1.82, 2.24) is 20.1 Å². The lowest BCUT2D eigenvalue weighted by atomic mass is 9.96. The molecule has 0 radical (unpaired) electrons. The van der Waals surface area contributed by atoms with Gasteiger partial charge in [-0.1, -0.05) is 41.9 Å². The Hall–Kier alpha value is -4.69.